The smallest absolute Gasteiger partial charge is 0.316 e. The third-order valence-corrected chi connectivity index (χ3v) is 4.91. The largest absolute Gasteiger partial charge is 0.481 e. The molecule has 0 bridgehead atoms. The molecule has 1 unspecified atom stereocenters. The highest BCUT2D eigenvalue weighted by atomic mass is 16.5. The van der Waals surface area contributed by atoms with Crippen molar-refractivity contribution >= 4 is 17.3 Å². The molecule has 2 aromatic heterocycles. The summed E-state index contributed by atoms with van der Waals surface area (Å²) in [6.07, 6.45) is 4.10. The van der Waals surface area contributed by atoms with E-state index in [1.807, 2.05) is 45.9 Å². The molecular formula is C22H26N4O4. The van der Waals surface area contributed by atoms with Gasteiger partial charge < -0.3 is 19.7 Å². The Kier molecular flexibility index (Phi) is 6.66. The molecule has 0 aliphatic heterocycles. The number of aliphatic carboxylic acids is 1. The standard InChI is InChI=1S/C22H26N4O4/c1-5-15(10-20(27)28)16-7-8-18(21-13(3)26-30-14(21)4)19(9-16)25-17-11-23-22(24-12-17)29-6-2/h7-9,11-12,15,25H,5-6,10H2,1-4H3,(H,27,28). The number of benzene rings is 1. The summed E-state index contributed by atoms with van der Waals surface area (Å²) in [5.41, 5.74) is 5.04. The molecule has 0 amide bonds. The van der Waals surface area contributed by atoms with Gasteiger partial charge >= 0.3 is 12.0 Å². The summed E-state index contributed by atoms with van der Waals surface area (Å²) >= 11 is 0. The van der Waals surface area contributed by atoms with Crippen molar-refractivity contribution in [3.05, 3.63) is 47.6 Å². The Bertz CT molecular complexity index is 995. The number of carboxylic acids is 1. The van der Waals surface area contributed by atoms with Crippen molar-refractivity contribution < 1.29 is 19.2 Å². The molecule has 158 valence electrons. The Morgan fingerprint density at radius 1 is 1.23 bits per heavy atom. The minimum absolute atomic E-state index is 0.0762. The maximum Gasteiger partial charge on any atom is 0.316 e. The van der Waals surface area contributed by atoms with Crippen molar-refractivity contribution in [3.63, 3.8) is 0 Å². The van der Waals surface area contributed by atoms with Gasteiger partial charge in [0.15, 0.2) is 0 Å². The molecular weight excluding hydrogens is 384 g/mol. The minimum Gasteiger partial charge on any atom is -0.481 e. The molecule has 0 aliphatic carbocycles. The predicted octanol–water partition coefficient (Wildman–Crippen LogP) is 4.86. The number of aryl methyl sites for hydroxylation is 2. The summed E-state index contributed by atoms with van der Waals surface area (Å²) in [4.78, 5) is 19.7. The topological polar surface area (TPSA) is 110 Å². The van der Waals surface area contributed by atoms with Gasteiger partial charge in [-0.3, -0.25) is 4.79 Å². The summed E-state index contributed by atoms with van der Waals surface area (Å²) < 4.78 is 10.7. The molecule has 0 saturated carbocycles. The molecule has 0 aliphatic rings. The fourth-order valence-corrected chi connectivity index (χ4v) is 3.45. The van der Waals surface area contributed by atoms with E-state index in [9.17, 15) is 9.90 Å². The molecule has 8 heteroatoms. The average Bonchev–Trinajstić information content (AvgIpc) is 3.06. The fourth-order valence-electron chi connectivity index (χ4n) is 3.45. The van der Waals surface area contributed by atoms with Gasteiger partial charge in [-0.2, -0.15) is 0 Å². The van der Waals surface area contributed by atoms with Crippen LogP contribution in [0.1, 0.15) is 49.6 Å². The van der Waals surface area contributed by atoms with Crippen LogP contribution in [0.2, 0.25) is 0 Å². The number of ether oxygens (including phenoxy) is 1. The van der Waals surface area contributed by atoms with E-state index in [4.69, 9.17) is 9.26 Å². The van der Waals surface area contributed by atoms with Crippen molar-refractivity contribution in [2.75, 3.05) is 11.9 Å². The molecule has 0 radical (unpaired) electrons. The molecule has 3 aromatic rings. The molecule has 0 spiro atoms. The van der Waals surface area contributed by atoms with Crippen LogP contribution in [0.15, 0.2) is 35.1 Å². The molecule has 1 aromatic carbocycles. The number of hydrogen-bond donors (Lipinski definition) is 2. The van der Waals surface area contributed by atoms with Gasteiger partial charge in [0, 0.05) is 16.8 Å². The SMILES string of the molecule is CCOc1ncc(Nc2cc(C(CC)CC(=O)O)ccc2-c2c(C)noc2C)cn1. The monoisotopic (exact) mass is 410 g/mol. The molecule has 8 nitrogen and oxygen atoms in total. The first-order valence-electron chi connectivity index (χ1n) is 9.93. The summed E-state index contributed by atoms with van der Waals surface area (Å²) in [5, 5.41) is 16.7. The Hall–Kier alpha value is -3.42. The summed E-state index contributed by atoms with van der Waals surface area (Å²) in [7, 11) is 0. The quantitative estimate of drug-likeness (QED) is 0.515. The lowest BCUT2D eigenvalue weighted by molar-refractivity contribution is -0.137. The number of nitrogens with zero attached hydrogens (tertiary/aromatic N) is 3. The second kappa shape index (κ2) is 9.39. The number of anilines is 2. The van der Waals surface area contributed by atoms with Crippen LogP contribution in [-0.4, -0.2) is 32.8 Å². The highest BCUT2D eigenvalue weighted by Gasteiger charge is 2.19. The van der Waals surface area contributed by atoms with Crippen molar-refractivity contribution in [1.29, 1.82) is 0 Å². The van der Waals surface area contributed by atoms with Gasteiger partial charge in [0.05, 0.1) is 36.8 Å². The summed E-state index contributed by atoms with van der Waals surface area (Å²) in [6.45, 7) is 8.11. The zero-order chi connectivity index (χ0) is 21.7. The number of hydrogen-bond acceptors (Lipinski definition) is 7. The van der Waals surface area contributed by atoms with Gasteiger partial charge in [0.25, 0.3) is 0 Å². The molecule has 0 saturated heterocycles. The molecule has 1 atom stereocenters. The van der Waals surface area contributed by atoms with Crippen molar-refractivity contribution in [3.8, 4) is 17.1 Å². The van der Waals surface area contributed by atoms with Gasteiger partial charge in [-0.25, -0.2) is 9.97 Å². The minimum atomic E-state index is -0.814. The van der Waals surface area contributed by atoms with Gasteiger partial charge in [-0.05, 0) is 44.7 Å². The molecule has 3 rings (SSSR count). The van der Waals surface area contributed by atoms with E-state index in [1.165, 1.54) is 0 Å². The van der Waals surface area contributed by atoms with Gasteiger partial charge in [-0.1, -0.05) is 24.2 Å². The zero-order valence-electron chi connectivity index (χ0n) is 17.6. The van der Waals surface area contributed by atoms with Gasteiger partial charge in [0.1, 0.15) is 5.76 Å². The first-order valence-corrected chi connectivity index (χ1v) is 9.93. The first-order chi connectivity index (χ1) is 14.4. The maximum absolute atomic E-state index is 11.3. The lowest BCUT2D eigenvalue weighted by Gasteiger charge is -2.18. The van der Waals surface area contributed by atoms with Gasteiger partial charge in [-0.15, -0.1) is 0 Å². The predicted molar refractivity (Wildman–Crippen MR) is 113 cm³/mol. The lowest BCUT2D eigenvalue weighted by atomic mass is 9.90. The van der Waals surface area contributed by atoms with Crippen LogP contribution in [0, 0.1) is 13.8 Å². The van der Waals surface area contributed by atoms with E-state index in [0.29, 0.717) is 24.1 Å². The van der Waals surface area contributed by atoms with Crippen LogP contribution in [0.25, 0.3) is 11.1 Å². The maximum atomic E-state index is 11.3. The van der Waals surface area contributed by atoms with E-state index >= 15 is 0 Å². The second-order valence-electron chi connectivity index (χ2n) is 7.02. The average molecular weight is 410 g/mol. The fraction of sp³-hybridized carbons (Fsp3) is 0.364. The van der Waals surface area contributed by atoms with Crippen molar-refractivity contribution in [1.82, 2.24) is 15.1 Å². The molecule has 2 heterocycles. The highest BCUT2D eigenvalue weighted by molar-refractivity contribution is 5.83. The highest BCUT2D eigenvalue weighted by Crippen LogP contribution is 2.37. The van der Waals surface area contributed by atoms with E-state index in [0.717, 1.165) is 34.5 Å². The normalized spacial score (nSPS) is 11.9. The van der Waals surface area contributed by atoms with Crippen LogP contribution >= 0.6 is 0 Å². The Morgan fingerprint density at radius 3 is 2.53 bits per heavy atom. The number of carbonyl (C=O) groups is 1. The third kappa shape index (κ3) is 4.76. The van der Waals surface area contributed by atoms with Crippen LogP contribution in [0.4, 0.5) is 11.4 Å². The van der Waals surface area contributed by atoms with E-state index in [1.54, 1.807) is 12.4 Å². The first kappa shape index (κ1) is 21.3. The van der Waals surface area contributed by atoms with Crippen molar-refractivity contribution in [2.45, 2.75) is 46.5 Å². The van der Waals surface area contributed by atoms with Crippen LogP contribution in [0.5, 0.6) is 6.01 Å². The Balaban J connectivity index is 2.03. The van der Waals surface area contributed by atoms with Crippen LogP contribution in [0.3, 0.4) is 0 Å². The van der Waals surface area contributed by atoms with Crippen molar-refractivity contribution in [2.24, 2.45) is 0 Å². The third-order valence-electron chi connectivity index (χ3n) is 4.91. The van der Waals surface area contributed by atoms with E-state index in [2.05, 4.69) is 20.4 Å². The molecule has 2 N–H and O–H groups in total. The Morgan fingerprint density at radius 2 is 1.97 bits per heavy atom. The van der Waals surface area contributed by atoms with E-state index < -0.39 is 5.97 Å². The van der Waals surface area contributed by atoms with Crippen LogP contribution < -0.4 is 10.1 Å². The number of rotatable bonds is 9. The Labute approximate surface area is 175 Å². The van der Waals surface area contributed by atoms with Gasteiger partial charge in [0.2, 0.25) is 0 Å². The number of nitrogens with one attached hydrogen (secondary N) is 1. The lowest BCUT2D eigenvalue weighted by Crippen LogP contribution is -2.06. The van der Waals surface area contributed by atoms with E-state index in [-0.39, 0.29) is 12.3 Å². The number of aromatic nitrogens is 3. The summed E-state index contributed by atoms with van der Waals surface area (Å²) in [5.74, 6) is -0.187. The number of carboxylic acid groups (broad SMARTS) is 1. The summed E-state index contributed by atoms with van der Waals surface area (Å²) in [6, 6.07) is 6.24. The molecule has 30 heavy (non-hydrogen) atoms. The molecule has 0 fully saturated rings. The zero-order valence-corrected chi connectivity index (χ0v) is 17.6. The second-order valence-corrected chi connectivity index (χ2v) is 7.02. The van der Waals surface area contributed by atoms with Crippen LogP contribution in [-0.2, 0) is 4.79 Å².